The molecular weight excluding hydrogens is 146 g/mol. The molecule has 0 saturated carbocycles. The van der Waals surface area contributed by atoms with E-state index in [9.17, 15) is 4.79 Å². The molecule has 1 saturated heterocycles. The zero-order chi connectivity index (χ0) is 8.48. The molecule has 0 aromatic carbocycles. The van der Waals surface area contributed by atoms with Gasteiger partial charge in [-0.25, -0.2) is 0 Å². The lowest BCUT2D eigenvalue weighted by atomic mass is 10.0. The summed E-state index contributed by atoms with van der Waals surface area (Å²) in [6.45, 7) is 2.38. The first-order chi connectivity index (χ1) is 5.01. The van der Waals surface area contributed by atoms with Gasteiger partial charge >= 0.3 is 0 Å². The second-order valence-corrected chi connectivity index (χ2v) is 2.99. The van der Waals surface area contributed by atoms with E-state index in [4.69, 9.17) is 10.2 Å². The summed E-state index contributed by atoms with van der Waals surface area (Å²) in [6.07, 6.45) is 0.513. The lowest BCUT2D eigenvalue weighted by molar-refractivity contribution is -0.190. The van der Waals surface area contributed by atoms with E-state index in [1.54, 1.807) is 4.90 Å². The Kier molecular flexibility index (Phi) is 2.15. The Balaban J connectivity index is 2.42. The smallest absolute Gasteiger partial charge is 0.219 e. The summed E-state index contributed by atoms with van der Waals surface area (Å²) in [7, 11) is 0. The molecule has 11 heavy (non-hydrogen) atoms. The van der Waals surface area contributed by atoms with E-state index in [-0.39, 0.29) is 18.7 Å². The van der Waals surface area contributed by atoms with Gasteiger partial charge in [-0.15, -0.1) is 0 Å². The molecule has 0 aromatic rings. The summed E-state index contributed by atoms with van der Waals surface area (Å²) in [6, 6.07) is 0. The van der Waals surface area contributed by atoms with Gasteiger partial charge in [0.05, 0.1) is 0 Å². The second-order valence-electron chi connectivity index (χ2n) is 2.99. The van der Waals surface area contributed by atoms with Crippen molar-refractivity contribution in [1.82, 2.24) is 4.90 Å². The van der Waals surface area contributed by atoms with Crippen molar-refractivity contribution in [1.29, 1.82) is 0 Å². The number of nitrogens with zero attached hydrogens (tertiary/aromatic N) is 1. The zero-order valence-electron chi connectivity index (χ0n) is 6.58. The van der Waals surface area contributed by atoms with E-state index in [0.29, 0.717) is 13.1 Å². The Labute approximate surface area is 65.4 Å². The third-order valence-electron chi connectivity index (χ3n) is 2.01. The molecule has 0 unspecified atom stereocenters. The van der Waals surface area contributed by atoms with Crippen molar-refractivity contribution in [2.45, 2.75) is 25.6 Å². The molecule has 4 nitrogen and oxygen atoms in total. The van der Waals surface area contributed by atoms with E-state index >= 15 is 0 Å². The standard InChI is InChI=1S/C7H13NO3/c1-6(9)8-4-2-7(10,11)3-5-8/h10-11H,2-5H2,1H3. The van der Waals surface area contributed by atoms with Crippen LogP contribution in [0.3, 0.4) is 0 Å². The molecule has 0 spiro atoms. The predicted molar refractivity (Wildman–Crippen MR) is 38.7 cm³/mol. The largest absolute Gasteiger partial charge is 0.365 e. The molecule has 0 atom stereocenters. The monoisotopic (exact) mass is 159 g/mol. The van der Waals surface area contributed by atoms with E-state index in [2.05, 4.69) is 0 Å². The minimum atomic E-state index is -1.55. The van der Waals surface area contributed by atoms with Crippen LogP contribution in [-0.2, 0) is 4.79 Å². The molecule has 0 bridgehead atoms. The molecule has 1 amide bonds. The van der Waals surface area contributed by atoms with Crippen molar-refractivity contribution >= 4 is 5.91 Å². The number of amides is 1. The Morgan fingerprint density at radius 1 is 1.36 bits per heavy atom. The van der Waals surface area contributed by atoms with Gasteiger partial charge in [-0.2, -0.15) is 0 Å². The number of aliphatic hydroxyl groups is 2. The van der Waals surface area contributed by atoms with Crippen LogP contribution in [0.25, 0.3) is 0 Å². The average molecular weight is 159 g/mol. The van der Waals surface area contributed by atoms with Crippen LogP contribution in [0, 0.1) is 0 Å². The molecule has 1 aliphatic rings. The summed E-state index contributed by atoms with van der Waals surface area (Å²) >= 11 is 0. The number of hydrogen-bond donors (Lipinski definition) is 2. The van der Waals surface area contributed by atoms with Gasteiger partial charge in [-0.05, 0) is 0 Å². The van der Waals surface area contributed by atoms with E-state index in [0.717, 1.165) is 0 Å². The number of likely N-dealkylation sites (tertiary alicyclic amines) is 1. The molecule has 0 radical (unpaired) electrons. The molecule has 64 valence electrons. The number of hydrogen-bond acceptors (Lipinski definition) is 3. The van der Waals surface area contributed by atoms with Gasteiger partial charge in [-0.3, -0.25) is 4.79 Å². The van der Waals surface area contributed by atoms with Crippen LogP contribution in [0.4, 0.5) is 0 Å². The van der Waals surface area contributed by atoms with E-state index < -0.39 is 5.79 Å². The number of carbonyl (C=O) groups is 1. The fourth-order valence-electron chi connectivity index (χ4n) is 1.18. The number of piperidine rings is 1. The second kappa shape index (κ2) is 2.79. The van der Waals surface area contributed by atoms with Gasteiger partial charge in [0.1, 0.15) is 0 Å². The Hall–Kier alpha value is -0.610. The van der Waals surface area contributed by atoms with Crippen molar-refractivity contribution in [3.8, 4) is 0 Å². The van der Waals surface area contributed by atoms with Crippen molar-refractivity contribution in [2.24, 2.45) is 0 Å². The topological polar surface area (TPSA) is 60.8 Å². The lowest BCUT2D eigenvalue weighted by Gasteiger charge is -2.33. The summed E-state index contributed by atoms with van der Waals surface area (Å²) in [5, 5.41) is 18.2. The summed E-state index contributed by atoms with van der Waals surface area (Å²) < 4.78 is 0. The summed E-state index contributed by atoms with van der Waals surface area (Å²) in [5.74, 6) is -1.55. The zero-order valence-corrected chi connectivity index (χ0v) is 6.58. The van der Waals surface area contributed by atoms with Crippen LogP contribution in [-0.4, -0.2) is 39.9 Å². The maximum absolute atomic E-state index is 10.8. The van der Waals surface area contributed by atoms with Crippen LogP contribution >= 0.6 is 0 Å². The van der Waals surface area contributed by atoms with E-state index in [1.807, 2.05) is 0 Å². The fraction of sp³-hybridized carbons (Fsp3) is 0.857. The van der Waals surface area contributed by atoms with Crippen LogP contribution < -0.4 is 0 Å². The van der Waals surface area contributed by atoms with E-state index in [1.165, 1.54) is 6.92 Å². The maximum atomic E-state index is 10.8. The molecule has 4 heteroatoms. The van der Waals surface area contributed by atoms with Gasteiger partial charge in [0.25, 0.3) is 0 Å². The molecule has 1 heterocycles. The first-order valence-electron chi connectivity index (χ1n) is 3.71. The summed E-state index contributed by atoms with van der Waals surface area (Å²) in [4.78, 5) is 12.4. The van der Waals surface area contributed by atoms with Crippen molar-refractivity contribution < 1.29 is 15.0 Å². The van der Waals surface area contributed by atoms with Gasteiger partial charge in [0.2, 0.25) is 5.91 Å². The highest BCUT2D eigenvalue weighted by Crippen LogP contribution is 2.18. The van der Waals surface area contributed by atoms with Crippen LogP contribution in [0.2, 0.25) is 0 Å². The molecule has 0 aromatic heterocycles. The first kappa shape index (κ1) is 8.49. The quantitative estimate of drug-likeness (QED) is 0.460. The van der Waals surface area contributed by atoms with Gasteiger partial charge in [-0.1, -0.05) is 0 Å². The van der Waals surface area contributed by atoms with Gasteiger partial charge in [0, 0.05) is 32.9 Å². The van der Waals surface area contributed by atoms with Crippen LogP contribution in [0.15, 0.2) is 0 Å². The predicted octanol–water partition coefficient (Wildman–Crippen LogP) is -0.690. The minimum absolute atomic E-state index is 0.000463. The SMILES string of the molecule is CC(=O)N1CCC(O)(O)CC1. The van der Waals surface area contributed by atoms with Crippen molar-refractivity contribution in [2.75, 3.05) is 13.1 Å². The molecule has 1 fully saturated rings. The lowest BCUT2D eigenvalue weighted by Crippen LogP contribution is -2.45. The maximum Gasteiger partial charge on any atom is 0.219 e. The highest BCUT2D eigenvalue weighted by Gasteiger charge is 2.30. The fourth-order valence-corrected chi connectivity index (χ4v) is 1.18. The molecule has 0 aliphatic carbocycles. The third-order valence-corrected chi connectivity index (χ3v) is 2.01. The number of carbonyl (C=O) groups excluding carboxylic acids is 1. The van der Waals surface area contributed by atoms with Crippen molar-refractivity contribution in [3.05, 3.63) is 0 Å². The average Bonchev–Trinajstić information content (AvgIpc) is 1.86. The van der Waals surface area contributed by atoms with Crippen molar-refractivity contribution in [3.63, 3.8) is 0 Å². The Bertz CT molecular complexity index is 157. The Morgan fingerprint density at radius 3 is 2.18 bits per heavy atom. The van der Waals surface area contributed by atoms with Crippen LogP contribution in [0.1, 0.15) is 19.8 Å². The highest BCUT2D eigenvalue weighted by atomic mass is 16.5. The Morgan fingerprint density at radius 2 is 1.82 bits per heavy atom. The molecule has 1 rings (SSSR count). The van der Waals surface area contributed by atoms with Crippen LogP contribution in [0.5, 0.6) is 0 Å². The summed E-state index contributed by atoms with van der Waals surface area (Å²) in [5.41, 5.74) is 0. The molecular formula is C7H13NO3. The third kappa shape index (κ3) is 2.17. The number of rotatable bonds is 0. The molecule has 2 N–H and O–H groups in total. The minimum Gasteiger partial charge on any atom is -0.365 e. The van der Waals surface area contributed by atoms with Gasteiger partial charge in [0.15, 0.2) is 5.79 Å². The highest BCUT2D eigenvalue weighted by molar-refractivity contribution is 5.73. The molecule has 1 aliphatic heterocycles. The van der Waals surface area contributed by atoms with Gasteiger partial charge < -0.3 is 15.1 Å². The normalized spacial score (nSPS) is 23.4. The first-order valence-corrected chi connectivity index (χ1v) is 3.71.